The Morgan fingerprint density at radius 3 is 1.42 bits per heavy atom. The van der Waals surface area contributed by atoms with Crippen LogP contribution in [0.25, 0.3) is 22.4 Å². The van der Waals surface area contributed by atoms with E-state index < -0.39 is 0 Å². The predicted octanol–water partition coefficient (Wildman–Crippen LogP) is 7.61. The molecule has 0 heterocycles. The van der Waals surface area contributed by atoms with Crippen molar-refractivity contribution in [2.75, 3.05) is 13.1 Å². The molecule has 0 aromatic heterocycles. The Bertz CT molecular complexity index is 1110. The minimum Gasteiger partial charge on any atom is -0.371 e. The van der Waals surface area contributed by atoms with Gasteiger partial charge in [0.05, 0.1) is 5.70 Å². The molecule has 0 aliphatic heterocycles. The van der Waals surface area contributed by atoms with Crippen LogP contribution in [-0.4, -0.2) is 18.0 Å². The van der Waals surface area contributed by atoms with E-state index in [0.29, 0.717) is 0 Å². The Morgan fingerprint density at radius 1 is 0.484 bits per heavy atom. The number of benzene rings is 4. The van der Waals surface area contributed by atoms with Crippen molar-refractivity contribution in [2.24, 2.45) is 0 Å². The van der Waals surface area contributed by atoms with Gasteiger partial charge < -0.3 is 4.90 Å². The summed E-state index contributed by atoms with van der Waals surface area (Å²) in [5, 5.41) is 0. The topological polar surface area (TPSA) is 3.24 Å². The Kier molecular flexibility index (Phi) is 6.64. The second-order valence-electron chi connectivity index (χ2n) is 7.57. The van der Waals surface area contributed by atoms with Crippen LogP contribution in [-0.2, 0) is 0 Å². The van der Waals surface area contributed by atoms with E-state index in [9.17, 15) is 0 Å². The van der Waals surface area contributed by atoms with Crippen LogP contribution in [0.2, 0.25) is 0 Å². The fraction of sp³-hybridized carbons (Fsp3) is 0.133. The van der Waals surface area contributed by atoms with E-state index in [0.717, 1.165) is 13.1 Å². The van der Waals surface area contributed by atoms with Crippen LogP contribution in [0.3, 0.4) is 0 Å². The number of hydrogen-bond donors (Lipinski definition) is 0. The highest BCUT2D eigenvalue weighted by Gasteiger charge is 2.18. The van der Waals surface area contributed by atoms with E-state index in [-0.39, 0.29) is 0 Å². The zero-order valence-electron chi connectivity index (χ0n) is 18.3. The quantitative estimate of drug-likeness (QED) is 0.287. The monoisotopic (exact) mass is 403 g/mol. The molecule has 0 aliphatic carbocycles. The van der Waals surface area contributed by atoms with Crippen LogP contribution in [0.1, 0.15) is 30.5 Å². The van der Waals surface area contributed by atoms with Crippen LogP contribution in [0, 0.1) is 0 Å². The Morgan fingerprint density at radius 2 is 0.903 bits per heavy atom. The standard InChI is InChI=1S/C30H29N/c1-3-31(4-2)30(28-18-12-7-13-19-28)29(26-16-10-6-11-17-26)27-22-20-25(21-23-27)24-14-8-5-9-15-24/h5-23H,3-4H2,1-2H3/b30-29-. The molecule has 0 saturated carbocycles. The molecule has 0 aliphatic rings. The van der Waals surface area contributed by atoms with Gasteiger partial charge in [0.25, 0.3) is 0 Å². The van der Waals surface area contributed by atoms with Crippen LogP contribution in [0.5, 0.6) is 0 Å². The lowest BCUT2D eigenvalue weighted by molar-refractivity contribution is 0.443. The minimum atomic E-state index is 0.958. The van der Waals surface area contributed by atoms with Gasteiger partial charge in [0, 0.05) is 18.7 Å². The molecule has 0 amide bonds. The number of nitrogens with zero attached hydrogens (tertiary/aromatic N) is 1. The largest absolute Gasteiger partial charge is 0.371 e. The van der Waals surface area contributed by atoms with E-state index in [1.54, 1.807) is 0 Å². The smallest absolute Gasteiger partial charge is 0.0525 e. The maximum Gasteiger partial charge on any atom is 0.0525 e. The second-order valence-corrected chi connectivity index (χ2v) is 7.57. The average molecular weight is 404 g/mol. The molecule has 4 aromatic carbocycles. The molecule has 0 atom stereocenters. The van der Waals surface area contributed by atoms with Crippen LogP contribution >= 0.6 is 0 Å². The summed E-state index contributed by atoms with van der Waals surface area (Å²) in [6, 6.07) is 41.1. The lowest BCUT2D eigenvalue weighted by Gasteiger charge is -2.29. The van der Waals surface area contributed by atoms with Crippen LogP contribution in [0.4, 0.5) is 0 Å². The lowest BCUT2D eigenvalue weighted by Crippen LogP contribution is -2.22. The molecule has 0 bridgehead atoms. The molecule has 0 N–H and O–H groups in total. The maximum atomic E-state index is 2.46. The van der Waals surface area contributed by atoms with E-state index in [1.165, 1.54) is 39.1 Å². The van der Waals surface area contributed by atoms with Crippen molar-refractivity contribution in [3.05, 3.63) is 132 Å². The maximum absolute atomic E-state index is 2.46. The summed E-state index contributed by atoms with van der Waals surface area (Å²) in [5.74, 6) is 0. The minimum absolute atomic E-state index is 0.958. The molecular weight excluding hydrogens is 374 g/mol. The first kappa shape index (κ1) is 20.7. The van der Waals surface area contributed by atoms with E-state index in [1.807, 2.05) is 0 Å². The predicted molar refractivity (Wildman–Crippen MR) is 134 cm³/mol. The van der Waals surface area contributed by atoms with Gasteiger partial charge in [-0.2, -0.15) is 0 Å². The molecule has 0 unspecified atom stereocenters. The zero-order valence-corrected chi connectivity index (χ0v) is 18.3. The molecule has 4 aromatic rings. The molecule has 1 heteroatoms. The Labute approximate surface area is 186 Å². The van der Waals surface area contributed by atoms with Crippen molar-refractivity contribution < 1.29 is 0 Å². The van der Waals surface area contributed by atoms with Gasteiger partial charge in [-0.3, -0.25) is 0 Å². The van der Waals surface area contributed by atoms with Gasteiger partial charge in [-0.15, -0.1) is 0 Å². The van der Waals surface area contributed by atoms with Crippen molar-refractivity contribution in [1.82, 2.24) is 4.90 Å². The third kappa shape index (κ3) is 4.62. The molecule has 31 heavy (non-hydrogen) atoms. The normalized spacial score (nSPS) is 11.7. The van der Waals surface area contributed by atoms with Crippen molar-refractivity contribution >= 4 is 11.3 Å². The first-order valence-electron chi connectivity index (χ1n) is 11.1. The van der Waals surface area contributed by atoms with E-state index >= 15 is 0 Å². The summed E-state index contributed by atoms with van der Waals surface area (Å²) < 4.78 is 0. The molecule has 4 rings (SSSR count). The van der Waals surface area contributed by atoms with Crippen molar-refractivity contribution in [2.45, 2.75) is 13.8 Å². The molecule has 0 spiro atoms. The molecule has 0 radical (unpaired) electrons. The second kappa shape index (κ2) is 9.95. The summed E-state index contributed by atoms with van der Waals surface area (Å²) in [6.45, 7) is 6.37. The van der Waals surface area contributed by atoms with Crippen LogP contribution < -0.4 is 0 Å². The molecule has 0 fully saturated rings. The molecular formula is C30H29N. The third-order valence-electron chi connectivity index (χ3n) is 5.71. The highest BCUT2D eigenvalue weighted by molar-refractivity contribution is 5.98. The Balaban J connectivity index is 1.93. The molecule has 0 saturated heterocycles. The fourth-order valence-corrected chi connectivity index (χ4v) is 4.13. The van der Waals surface area contributed by atoms with Crippen molar-refractivity contribution in [1.29, 1.82) is 0 Å². The van der Waals surface area contributed by atoms with Gasteiger partial charge in [-0.05, 0) is 41.7 Å². The first-order chi connectivity index (χ1) is 15.3. The van der Waals surface area contributed by atoms with Gasteiger partial charge >= 0.3 is 0 Å². The first-order valence-corrected chi connectivity index (χ1v) is 11.1. The average Bonchev–Trinajstić information content (AvgIpc) is 2.86. The molecule has 154 valence electrons. The zero-order chi connectivity index (χ0) is 21.5. The summed E-state index contributed by atoms with van der Waals surface area (Å²) in [4.78, 5) is 2.46. The number of rotatable bonds is 7. The van der Waals surface area contributed by atoms with E-state index in [4.69, 9.17) is 0 Å². The Hall–Kier alpha value is -3.58. The van der Waals surface area contributed by atoms with Gasteiger partial charge in [0.15, 0.2) is 0 Å². The summed E-state index contributed by atoms with van der Waals surface area (Å²) in [5.41, 5.74) is 8.75. The van der Waals surface area contributed by atoms with Crippen molar-refractivity contribution in [3.63, 3.8) is 0 Å². The third-order valence-corrected chi connectivity index (χ3v) is 5.71. The SMILES string of the molecule is CCN(CC)/C(=C(/c1ccccc1)c1ccc(-c2ccccc2)cc1)c1ccccc1. The summed E-state index contributed by atoms with van der Waals surface area (Å²) in [6.07, 6.45) is 0. The highest BCUT2D eigenvalue weighted by atomic mass is 15.1. The summed E-state index contributed by atoms with van der Waals surface area (Å²) in [7, 11) is 0. The fourth-order valence-electron chi connectivity index (χ4n) is 4.13. The van der Waals surface area contributed by atoms with E-state index in [2.05, 4.69) is 134 Å². The highest BCUT2D eigenvalue weighted by Crippen LogP contribution is 2.35. The van der Waals surface area contributed by atoms with Gasteiger partial charge in [0.1, 0.15) is 0 Å². The summed E-state index contributed by atoms with van der Waals surface area (Å²) >= 11 is 0. The van der Waals surface area contributed by atoms with Gasteiger partial charge in [-0.25, -0.2) is 0 Å². The van der Waals surface area contributed by atoms with Gasteiger partial charge in [0.2, 0.25) is 0 Å². The lowest BCUT2D eigenvalue weighted by atomic mass is 9.91. The van der Waals surface area contributed by atoms with Crippen molar-refractivity contribution in [3.8, 4) is 11.1 Å². The van der Waals surface area contributed by atoms with Crippen LogP contribution in [0.15, 0.2) is 115 Å². The molecule has 1 nitrogen and oxygen atoms in total. The number of hydrogen-bond acceptors (Lipinski definition) is 1. The van der Waals surface area contributed by atoms with Gasteiger partial charge in [-0.1, -0.05) is 115 Å².